The Morgan fingerprint density at radius 3 is 2.52 bits per heavy atom. The van der Waals surface area contributed by atoms with Gasteiger partial charge < -0.3 is 15.4 Å². The number of nitrogens with zero attached hydrogens (tertiary/aromatic N) is 4. The number of methoxy groups -OCH3 is 1. The van der Waals surface area contributed by atoms with Gasteiger partial charge in [-0.25, -0.2) is 0 Å². The van der Waals surface area contributed by atoms with Gasteiger partial charge in [0.15, 0.2) is 0 Å². The van der Waals surface area contributed by atoms with E-state index in [9.17, 15) is 4.79 Å². The van der Waals surface area contributed by atoms with Crippen molar-refractivity contribution in [3.05, 3.63) is 70.9 Å². The van der Waals surface area contributed by atoms with Crippen LogP contribution in [-0.4, -0.2) is 33.2 Å². The maximum absolute atomic E-state index is 13.4. The summed E-state index contributed by atoms with van der Waals surface area (Å²) in [4.78, 5) is 13.4. The maximum Gasteiger partial charge on any atom is 0.255 e. The molecule has 8 heteroatoms. The van der Waals surface area contributed by atoms with Crippen LogP contribution in [0.25, 0.3) is 0 Å². The van der Waals surface area contributed by atoms with Crippen molar-refractivity contribution in [2.45, 2.75) is 39.2 Å². The zero-order chi connectivity index (χ0) is 22.2. The number of amides is 1. The fourth-order valence-corrected chi connectivity index (χ4v) is 3.72. The average Bonchev–Trinajstić information content (AvgIpc) is 3.20. The van der Waals surface area contributed by atoms with Gasteiger partial charge in [-0.05, 0) is 46.0 Å². The molecule has 2 N–H and O–H groups in total. The van der Waals surface area contributed by atoms with Crippen LogP contribution in [0.1, 0.15) is 44.9 Å². The summed E-state index contributed by atoms with van der Waals surface area (Å²) in [7, 11) is 1.57. The zero-order valence-electron chi connectivity index (χ0n) is 18.3. The van der Waals surface area contributed by atoms with E-state index in [0.29, 0.717) is 28.7 Å². The summed E-state index contributed by atoms with van der Waals surface area (Å²) in [5, 5.41) is 18.1. The number of nitrogens with one attached hydrogen (secondary N) is 2. The molecule has 2 aromatic carbocycles. The van der Waals surface area contributed by atoms with E-state index in [1.807, 2.05) is 31.2 Å². The van der Waals surface area contributed by atoms with Gasteiger partial charge in [-0.2, -0.15) is 4.68 Å². The summed E-state index contributed by atoms with van der Waals surface area (Å²) >= 11 is 0. The van der Waals surface area contributed by atoms with Crippen molar-refractivity contribution in [3.63, 3.8) is 0 Å². The molecule has 0 fully saturated rings. The Labute approximate surface area is 181 Å². The predicted octanol–water partition coefficient (Wildman–Crippen LogP) is 3.91. The lowest BCUT2D eigenvalue weighted by Gasteiger charge is -2.28. The number of hydrogen-bond donors (Lipinski definition) is 2. The number of carbonyl (C=O) groups is 1. The van der Waals surface area contributed by atoms with Gasteiger partial charge in [-0.15, -0.1) is 0 Å². The Morgan fingerprint density at radius 1 is 1.13 bits per heavy atom. The first-order chi connectivity index (χ1) is 14.8. The van der Waals surface area contributed by atoms with Gasteiger partial charge in [0.1, 0.15) is 11.8 Å². The van der Waals surface area contributed by atoms with Gasteiger partial charge in [0.25, 0.3) is 5.91 Å². The van der Waals surface area contributed by atoms with Crippen molar-refractivity contribution >= 4 is 17.5 Å². The number of tetrazole rings is 1. The van der Waals surface area contributed by atoms with Gasteiger partial charge in [0.05, 0.1) is 18.4 Å². The van der Waals surface area contributed by atoms with Gasteiger partial charge in [-0.3, -0.25) is 4.79 Å². The quantitative estimate of drug-likeness (QED) is 0.667. The Balaban J connectivity index is 1.75. The molecule has 1 amide bonds. The summed E-state index contributed by atoms with van der Waals surface area (Å²) in [6.07, 6.45) is 0. The van der Waals surface area contributed by atoms with Crippen LogP contribution in [-0.2, 0) is 10.2 Å². The smallest absolute Gasteiger partial charge is 0.255 e. The van der Waals surface area contributed by atoms with Crippen molar-refractivity contribution in [2.75, 3.05) is 17.7 Å². The fraction of sp³-hybridized carbons (Fsp3) is 0.304. The number of hydrogen-bond acceptors (Lipinski definition) is 6. The van der Waals surface area contributed by atoms with Crippen molar-refractivity contribution in [2.24, 2.45) is 0 Å². The second-order valence-corrected chi connectivity index (χ2v) is 8.54. The Kier molecular flexibility index (Phi) is 5.22. The highest BCUT2D eigenvalue weighted by Gasteiger charge is 2.34. The molecule has 8 nitrogen and oxygen atoms in total. The van der Waals surface area contributed by atoms with Crippen molar-refractivity contribution in [1.82, 2.24) is 20.2 Å². The summed E-state index contributed by atoms with van der Waals surface area (Å²) < 4.78 is 7.01. The topological polar surface area (TPSA) is 94.0 Å². The molecule has 0 saturated heterocycles. The van der Waals surface area contributed by atoms with Crippen LogP contribution in [0.5, 0.6) is 5.75 Å². The van der Waals surface area contributed by atoms with Crippen LogP contribution in [0.2, 0.25) is 0 Å². The van der Waals surface area contributed by atoms with Gasteiger partial charge >= 0.3 is 0 Å². The van der Waals surface area contributed by atoms with Crippen molar-refractivity contribution in [1.29, 1.82) is 0 Å². The van der Waals surface area contributed by atoms with E-state index in [1.165, 1.54) is 5.56 Å². The number of benzene rings is 2. The lowest BCUT2D eigenvalue weighted by molar-refractivity contribution is -0.113. The predicted molar refractivity (Wildman–Crippen MR) is 119 cm³/mol. The second kappa shape index (κ2) is 7.86. The summed E-state index contributed by atoms with van der Waals surface area (Å²) in [5.74, 6) is 0.837. The summed E-state index contributed by atoms with van der Waals surface area (Å²) in [6.45, 7) is 8.36. The monoisotopic (exact) mass is 418 g/mol. The molecule has 0 spiro atoms. The van der Waals surface area contributed by atoms with Crippen LogP contribution in [0, 0.1) is 0 Å². The molecule has 1 atom stereocenters. The number of ether oxygens (including phenoxy) is 1. The lowest BCUT2D eigenvalue weighted by Crippen LogP contribution is -2.31. The molecule has 0 bridgehead atoms. The molecule has 1 aromatic heterocycles. The summed E-state index contributed by atoms with van der Waals surface area (Å²) in [6, 6.07) is 15.1. The SMILES string of the molecule is COc1ccccc1NC(=O)C1=C(C)Nc2nnnn2[C@H]1c1ccc(C(C)(C)C)cc1. The minimum atomic E-state index is -0.463. The molecule has 2 heterocycles. The van der Waals surface area contributed by atoms with Gasteiger partial charge in [0.2, 0.25) is 5.95 Å². The van der Waals surface area contributed by atoms with Crippen molar-refractivity contribution in [3.8, 4) is 5.75 Å². The van der Waals surface area contributed by atoms with E-state index in [2.05, 4.69) is 59.1 Å². The third kappa shape index (κ3) is 3.88. The standard InChI is InChI=1S/C23H26N6O2/c1-14-19(21(30)25-17-8-6-7-9-18(17)31-5)20(29-22(24-14)26-27-28-29)15-10-12-16(13-11-15)23(2,3)4/h6-13,20H,1-5H3,(H,25,30)(H,24,26,28)/t20-/m0/s1. The fourth-order valence-electron chi connectivity index (χ4n) is 3.72. The lowest BCUT2D eigenvalue weighted by atomic mass is 9.85. The summed E-state index contributed by atoms with van der Waals surface area (Å²) in [5.41, 5.74) is 3.99. The van der Waals surface area contributed by atoms with E-state index in [0.717, 1.165) is 5.56 Å². The van der Waals surface area contributed by atoms with E-state index < -0.39 is 6.04 Å². The highest BCUT2D eigenvalue weighted by molar-refractivity contribution is 6.06. The highest BCUT2D eigenvalue weighted by atomic mass is 16.5. The number of allylic oxidation sites excluding steroid dienone is 1. The number of anilines is 2. The minimum Gasteiger partial charge on any atom is -0.495 e. The molecular formula is C23H26N6O2. The molecule has 0 aliphatic carbocycles. The maximum atomic E-state index is 13.4. The van der Waals surface area contributed by atoms with E-state index in [1.54, 1.807) is 23.9 Å². The molecule has 4 rings (SSSR count). The Hall–Kier alpha value is -3.68. The van der Waals surface area contributed by atoms with Crippen LogP contribution in [0.3, 0.4) is 0 Å². The molecule has 1 aliphatic rings. The average molecular weight is 419 g/mol. The second-order valence-electron chi connectivity index (χ2n) is 8.54. The number of fused-ring (bicyclic) bond motifs is 1. The van der Waals surface area contributed by atoms with E-state index in [-0.39, 0.29) is 11.3 Å². The molecule has 160 valence electrons. The molecule has 0 saturated carbocycles. The normalized spacial score (nSPS) is 15.8. The molecule has 31 heavy (non-hydrogen) atoms. The van der Waals surface area contributed by atoms with E-state index >= 15 is 0 Å². The minimum absolute atomic E-state index is 0.0302. The van der Waals surface area contributed by atoms with Crippen molar-refractivity contribution < 1.29 is 9.53 Å². The molecule has 3 aromatic rings. The number of carbonyl (C=O) groups excluding carboxylic acids is 1. The third-order valence-electron chi connectivity index (χ3n) is 5.41. The van der Waals surface area contributed by atoms with E-state index in [4.69, 9.17) is 4.74 Å². The largest absolute Gasteiger partial charge is 0.495 e. The number of aromatic nitrogens is 4. The Bertz CT molecular complexity index is 1140. The number of para-hydroxylation sites is 2. The molecule has 1 aliphatic heterocycles. The van der Waals surface area contributed by atoms with Crippen LogP contribution < -0.4 is 15.4 Å². The van der Waals surface area contributed by atoms with Crippen LogP contribution >= 0.6 is 0 Å². The van der Waals surface area contributed by atoms with Crippen LogP contribution in [0.15, 0.2) is 59.8 Å². The first kappa shape index (κ1) is 20.6. The molecule has 0 unspecified atom stereocenters. The Morgan fingerprint density at radius 2 is 1.84 bits per heavy atom. The first-order valence-electron chi connectivity index (χ1n) is 10.1. The zero-order valence-corrected chi connectivity index (χ0v) is 18.3. The van der Waals surface area contributed by atoms with Crippen LogP contribution in [0.4, 0.5) is 11.6 Å². The molecule has 0 radical (unpaired) electrons. The third-order valence-corrected chi connectivity index (χ3v) is 5.41. The number of rotatable bonds is 4. The van der Waals surface area contributed by atoms with Gasteiger partial charge in [0, 0.05) is 5.70 Å². The van der Waals surface area contributed by atoms with Gasteiger partial charge in [-0.1, -0.05) is 62.3 Å². The molecular weight excluding hydrogens is 392 g/mol. The highest BCUT2D eigenvalue weighted by Crippen LogP contribution is 2.36. The first-order valence-corrected chi connectivity index (χ1v) is 10.1.